The first-order valence-corrected chi connectivity index (χ1v) is 7.01. The van der Waals surface area contributed by atoms with E-state index in [0.717, 1.165) is 13.1 Å². The molecule has 0 radical (unpaired) electrons. The molecule has 122 valence electrons. The molecule has 1 fully saturated rings. The molecule has 1 saturated heterocycles. The first-order chi connectivity index (χ1) is 10.1. The van der Waals surface area contributed by atoms with Gasteiger partial charge in [0.2, 0.25) is 5.91 Å². The molecule has 1 N–H and O–H groups in total. The minimum absolute atomic E-state index is 0. The summed E-state index contributed by atoms with van der Waals surface area (Å²) in [6, 6.07) is 4.19. The van der Waals surface area contributed by atoms with Gasteiger partial charge in [0.05, 0.1) is 18.0 Å². The van der Waals surface area contributed by atoms with Crippen LogP contribution in [0.1, 0.15) is 6.42 Å². The monoisotopic (exact) mass is 349 g/mol. The van der Waals surface area contributed by atoms with Crippen molar-refractivity contribution >= 4 is 35.6 Å². The lowest BCUT2D eigenvalue weighted by Crippen LogP contribution is -2.46. The summed E-state index contributed by atoms with van der Waals surface area (Å²) in [7, 11) is 0. The Hall–Kier alpha value is -1.57. The summed E-state index contributed by atoms with van der Waals surface area (Å²) in [5, 5.41) is 14.3. The van der Waals surface area contributed by atoms with Crippen LogP contribution in [-0.2, 0) is 4.79 Å². The number of carbonyl (C=O) groups excluding carboxylic acids is 1. The molecule has 2 rings (SSSR count). The Morgan fingerprint density at radius 3 is 2.73 bits per heavy atom. The minimum Gasteiger partial charge on any atom is -0.486 e. The van der Waals surface area contributed by atoms with Crippen molar-refractivity contribution in [2.24, 2.45) is 0 Å². The summed E-state index contributed by atoms with van der Waals surface area (Å²) >= 11 is 5.72. The van der Waals surface area contributed by atoms with Crippen LogP contribution in [0.3, 0.4) is 0 Å². The topological polar surface area (TPSA) is 84.7 Å². The van der Waals surface area contributed by atoms with Gasteiger partial charge >= 0.3 is 5.69 Å². The Morgan fingerprint density at radius 2 is 2.09 bits per heavy atom. The van der Waals surface area contributed by atoms with E-state index in [1.807, 2.05) is 0 Å². The summed E-state index contributed by atoms with van der Waals surface area (Å²) < 4.78 is 5.35. The van der Waals surface area contributed by atoms with Crippen molar-refractivity contribution in [2.45, 2.75) is 6.42 Å². The Morgan fingerprint density at radius 1 is 1.41 bits per heavy atom. The fourth-order valence-corrected chi connectivity index (χ4v) is 2.24. The number of benzene rings is 1. The summed E-state index contributed by atoms with van der Waals surface area (Å²) in [5.74, 6) is 0.116. The highest BCUT2D eigenvalue weighted by Crippen LogP contribution is 2.29. The average Bonchev–Trinajstić information content (AvgIpc) is 2.49. The lowest BCUT2D eigenvalue weighted by atomic mass is 10.3. The molecule has 1 amide bonds. The maximum atomic E-state index is 11.9. The van der Waals surface area contributed by atoms with Crippen molar-refractivity contribution in [1.29, 1.82) is 0 Å². The van der Waals surface area contributed by atoms with Gasteiger partial charge in [-0.3, -0.25) is 14.9 Å². The van der Waals surface area contributed by atoms with Gasteiger partial charge in [0, 0.05) is 37.3 Å². The highest BCUT2D eigenvalue weighted by molar-refractivity contribution is 6.30. The first kappa shape index (κ1) is 18.5. The number of nitro groups is 1. The van der Waals surface area contributed by atoms with Crippen molar-refractivity contribution in [3.8, 4) is 5.75 Å². The molecule has 1 aromatic carbocycles. The molecule has 7 nitrogen and oxygen atoms in total. The SMILES string of the molecule is Cl.O=C(CCOc1ccc(Cl)cc1[N+](=O)[O-])N1CCNCC1. The molecule has 0 unspecified atom stereocenters. The van der Waals surface area contributed by atoms with Crippen molar-refractivity contribution < 1.29 is 14.5 Å². The van der Waals surface area contributed by atoms with E-state index in [9.17, 15) is 14.9 Å². The van der Waals surface area contributed by atoms with Crippen LogP contribution in [0, 0.1) is 10.1 Å². The Balaban J connectivity index is 0.00000242. The van der Waals surface area contributed by atoms with Crippen LogP contribution in [0.4, 0.5) is 5.69 Å². The highest BCUT2D eigenvalue weighted by Gasteiger charge is 2.18. The fourth-order valence-electron chi connectivity index (χ4n) is 2.08. The number of piperazine rings is 1. The zero-order chi connectivity index (χ0) is 15.2. The molecule has 9 heteroatoms. The van der Waals surface area contributed by atoms with Gasteiger partial charge in [-0.15, -0.1) is 12.4 Å². The predicted molar refractivity (Wildman–Crippen MR) is 84.9 cm³/mol. The molecule has 1 aliphatic heterocycles. The molecule has 0 aliphatic carbocycles. The van der Waals surface area contributed by atoms with Crippen LogP contribution < -0.4 is 10.1 Å². The number of hydrogen-bond acceptors (Lipinski definition) is 5. The van der Waals surface area contributed by atoms with Gasteiger partial charge in [-0.25, -0.2) is 0 Å². The average molecular weight is 350 g/mol. The molecule has 0 bridgehead atoms. The molecular formula is C13H17Cl2N3O4. The summed E-state index contributed by atoms with van der Waals surface area (Å²) in [4.78, 5) is 24.0. The molecule has 1 aromatic rings. The van der Waals surface area contributed by atoms with Crippen molar-refractivity contribution in [3.63, 3.8) is 0 Å². The van der Waals surface area contributed by atoms with Crippen LogP contribution in [0.15, 0.2) is 18.2 Å². The van der Waals surface area contributed by atoms with Crippen molar-refractivity contribution in [3.05, 3.63) is 33.3 Å². The second-order valence-corrected chi connectivity index (χ2v) is 5.03. The van der Waals surface area contributed by atoms with Crippen LogP contribution in [0.5, 0.6) is 5.75 Å². The summed E-state index contributed by atoms with van der Waals surface area (Å²) in [5.41, 5.74) is -0.197. The number of rotatable bonds is 5. The fraction of sp³-hybridized carbons (Fsp3) is 0.462. The number of nitrogens with zero attached hydrogens (tertiary/aromatic N) is 2. The van der Waals surface area contributed by atoms with E-state index in [2.05, 4.69) is 5.32 Å². The number of hydrogen-bond donors (Lipinski definition) is 1. The lowest BCUT2D eigenvalue weighted by Gasteiger charge is -2.27. The Kier molecular flexibility index (Phi) is 7.37. The molecule has 1 aliphatic rings. The normalized spacial score (nSPS) is 14.1. The third-order valence-electron chi connectivity index (χ3n) is 3.16. The maximum absolute atomic E-state index is 11.9. The number of halogens is 2. The highest BCUT2D eigenvalue weighted by atomic mass is 35.5. The van der Waals surface area contributed by atoms with Gasteiger partial charge in [-0.05, 0) is 12.1 Å². The Labute approximate surface area is 139 Å². The zero-order valence-corrected chi connectivity index (χ0v) is 13.4. The second-order valence-electron chi connectivity index (χ2n) is 4.60. The van der Waals surface area contributed by atoms with Crippen LogP contribution in [0.2, 0.25) is 5.02 Å². The second kappa shape index (κ2) is 8.77. The first-order valence-electron chi connectivity index (χ1n) is 6.63. The third kappa shape index (κ3) is 5.01. The predicted octanol–water partition coefficient (Wildman–Crippen LogP) is 1.87. The standard InChI is InChI=1S/C13H16ClN3O4.ClH/c14-10-1-2-12(11(9-10)17(19)20)21-8-3-13(18)16-6-4-15-5-7-16;/h1-2,9,15H,3-8H2;1H. The number of amides is 1. The van der Waals surface area contributed by atoms with Crippen molar-refractivity contribution in [2.75, 3.05) is 32.8 Å². The number of nitro benzene ring substituents is 1. The summed E-state index contributed by atoms with van der Waals surface area (Å²) in [6.07, 6.45) is 0.194. The lowest BCUT2D eigenvalue weighted by molar-refractivity contribution is -0.385. The van der Waals surface area contributed by atoms with Crippen LogP contribution in [0.25, 0.3) is 0 Å². The number of carbonyl (C=O) groups is 1. The molecule has 0 spiro atoms. The van der Waals surface area contributed by atoms with E-state index < -0.39 is 4.92 Å². The van der Waals surface area contributed by atoms with Gasteiger partial charge < -0.3 is 15.0 Å². The van der Waals surface area contributed by atoms with E-state index in [0.29, 0.717) is 13.1 Å². The maximum Gasteiger partial charge on any atom is 0.312 e. The molecule has 0 atom stereocenters. The molecule has 22 heavy (non-hydrogen) atoms. The van der Waals surface area contributed by atoms with E-state index in [-0.39, 0.29) is 47.8 Å². The van der Waals surface area contributed by atoms with Gasteiger partial charge in [0.15, 0.2) is 5.75 Å². The van der Waals surface area contributed by atoms with E-state index in [4.69, 9.17) is 16.3 Å². The van der Waals surface area contributed by atoms with Gasteiger partial charge in [-0.2, -0.15) is 0 Å². The van der Waals surface area contributed by atoms with Crippen molar-refractivity contribution in [1.82, 2.24) is 10.2 Å². The van der Waals surface area contributed by atoms with Gasteiger partial charge in [0.25, 0.3) is 0 Å². The molecular weight excluding hydrogens is 333 g/mol. The number of nitrogens with one attached hydrogen (secondary N) is 1. The van der Waals surface area contributed by atoms with Crippen LogP contribution >= 0.6 is 24.0 Å². The molecule has 0 aromatic heterocycles. The van der Waals surface area contributed by atoms with E-state index in [1.54, 1.807) is 4.90 Å². The smallest absolute Gasteiger partial charge is 0.312 e. The van der Waals surface area contributed by atoms with Gasteiger partial charge in [0.1, 0.15) is 0 Å². The third-order valence-corrected chi connectivity index (χ3v) is 3.40. The minimum atomic E-state index is -0.556. The van der Waals surface area contributed by atoms with E-state index >= 15 is 0 Å². The quantitative estimate of drug-likeness (QED) is 0.647. The number of ether oxygens (including phenoxy) is 1. The van der Waals surface area contributed by atoms with Crippen LogP contribution in [-0.4, -0.2) is 48.5 Å². The van der Waals surface area contributed by atoms with E-state index in [1.165, 1.54) is 18.2 Å². The largest absolute Gasteiger partial charge is 0.486 e. The zero-order valence-electron chi connectivity index (χ0n) is 11.8. The molecule has 0 saturated carbocycles. The molecule has 1 heterocycles. The summed E-state index contributed by atoms with van der Waals surface area (Å²) in [6.45, 7) is 3.04. The van der Waals surface area contributed by atoms with Gasteiger partial charge in [-0.1, -0.05) is 11.6 Å². The Bertz CT molecular complexity index is 536.